The first-order valence-corrected chi connectivity index (χ1v) is 4.84. The number of rotatable bonds is 4. The van der Waals surface area contributed by atoms with Gasteiger partial charge in [-0.1, -0.05) is 13.8 Å². The van der Waals surface area contributed by atoms with Crippen LogP contribution in [0.2, 0.25) is 0 Å². The van der Waals surface area contributed by atoms with Gasteiger partial charge in [-0.2, -0.15) is 0 Å². The first-order valence-electron chi connectivity index (χ1n) is 4.84. The largest absolute Gasteiger partial charge is 0.378 e. The van der Waals surface area contributed by atoms with Crippen molar-refractivity contribution in [3.8, 4) is 0 Å². The van der Waals surface area contributed by atoms with Crippen molar-refractivity contribution >= 4 is 5.78 Å². The summed E-state index contributed by atoms with van der Waals surface area (Å²) in [6.07, 6.45) is 4.30. The number of carbonyl (C=O) groups is 1. The lowest BCUT2D eigenvalue weighted by Gasteiger charge is -2.09. The van der Waals surface area contributed by atoms with Crippen molar-refractivity contribution < 1.29 is 9.53 Å². The number of ketones is 1. The number of carbonyl (C=O) groups excluding carboxylic acids is 1. The summed E-state index contributed by atoms with van der Waals surface area (Å²) in [7, 11) is 0. The van der Waals surface area contributed by atoms with Crippen LogP contribution in [-0.2, 0) is 9.53 Å². The van der Waals surface area contributed by atoms with Gasteiger partial charge < -0.3 is 4.74 Å². The van der Waals surface area contributed by atoms with Crippen LogP contribution in [0.15, 0.2) is 0 Å². The second-order valence-corrected chi connectivity index (χ2v) is 3.79. The van der Waals surface area contributed by atoms with Crippen LogP contribution in [0.25, 0.3) is 0 Å². The molecule has 0 aromatic carbocycles. The van der Waals surface area contributed by atoms with Gasteiger partial charge in [0.1, 0.15) is 5.78 Å². The molecule has 1 rings (SSSR count). The van der Waals surface area contributed by atoms with Crippen LogP contribution in [0.1, 0.15) is 39.5 Å². The molecule has 0 spiro atoms. The van der Waals surface area contributed by atoms with Crippen molar-refractivity contribution in [1.82, 2.24) is 0 Å². The molecule has 70 valence electrons. The molecule has 1 aliphatic heterocycles. The molecule has 0 N–H and O–H groups in total. The average molecular weight is 170 g/mol. The predicted octanol–water partition coefficient (Wildman–Crippen LogP) is 2.17. The fourth-order valence-corrected chi connectivity index (χ4v) is 1.46. The average Bonchev–Trinajstić information content (AvgIpc) is 2.51. The lowest BCUT2D eigenvalue weighted by atomic mass is 10.0. The molecular formula is C10H18O2. The Labute approximate surface area is 74.3 Å². The molecule has 0 bridgehead atoms. The molecule has 1 heterocycles. The fraction of sp³-hybridized carbons (Fsp3) is 0.900. The van der Waals surface area contributed by atoms with E-state index < -0.39 is 0 Å². The highest BCUT2D eigenvalue weighted by molar-refractivity contribution is 5.80. The number of hydrogen-bond donors (Lipinski definition) is 0. The summed E-state index contributed by atoms with van der Waals surface area (Å²) < 4.78 is 5.43. The standard InChI is InChI=1S/C10H18O2/c1-8(2)10(11)6-5-9-4-3-7-12-9/h8-9H,3-7H2,1-2H3/t9-/m0/s1. The molecule has 0 aliphatic carbocycles. The molecule has 2 heteroatoms. The van der Waals surface area contributed by atoms with E-state index in [0.717, 1.165) is 19.4 Å². The van der Waals surface area contributed by atoms with E-state index in [-0.39, 0.29) is 5.92 Å². The molecule has 1 saturated heterocycles. The molecule has 1 aliphatic rings. The Bertz CT molecular complexity index is 146. The van der Waals surface area contributed by atoms with Gasteiger partial charge in [-0.05, 0) is 19.3 Å². The van der Waals surface area contributed by atoms with E-state index in [1.807, 2.05) is 13.8 Å². The maximum absolute atomic E-state index is 11.2. The zero-order valence-corrected chi connectivity index (χ0v) is 8.01. The normalized spacial score (nSPS) is 23.4. The fourth-order valence-electron chi connectivity index (χ4n) is 1.46. The first kappa shape index (κ1) is 9.72. The highest BCUT2D eigenvalue weighted by Gasteiger charge is 2.17. The van der Waals surface area contributed by atoms with E-state index in [4.69, 9.17) is 4.74 Å². The summed E-state index contributed by atoms with van der Waals surface area (Å²) in [5, 5.41) is 0. The number of ether oxygens (including phenoxy) is 1. The quantitative estimate of drug-likeness (QED) is 0.646. The maximum Gasteiger partial charge on any atom is 0.135 e. The minimum atomic E-state index is 0.186. The van der Waals surface area contributed by atoms with E-state index >= 15 is 0 Å². The summed E-state index contributed by atoms with van der Waals surface area (Å²) >= 11 is 0. The topological polar surface area (TPSA) is 26.3 Å². The molecule has 2 nitrogen and oxygen atoms in total. The monoisotopic (exact) mass is 170 g/mol. The lowest BCUT2D eigenvalue weighted by Crippen LogP contribution is -2.12. The SMILES string of the molecule is CC(C)C(=O)CC[C@@H]1CCCO1. The summed E-state index contributed by atoms with van der Waals surface area (Å²) in [6, 6.07) is 0. The van der Waals surface area contributed by atoms with E-state index in [1.54, 1.807) is 0 Å². The highest BCUT2D eigenvalue weighted by Crippen LogP contribution is 2.17. The van der Waals surface area contributed by atoms with E-state index in [2.05, 4.69) is 0 Å². The van der Waals surface area contributed by atoms with Crippen LogP contribution in [0.4, 0.5) is 0 Å². The second-order valence-electron chi connectivity index (χ2n) is 3.79. The van der Waals surface area contributed by atoms with E-state index in [0.29, 0.717) is 18.3 Å². The smallest absolute Gasteiger partial charge is 0.135 e. The molecule has 12 heavy (non-hydrogen) atoms. The third-order valence-electron chi connectivity index (χ3n) is 2.38. The molecule has 1 atom stereocenters. The van der Waals surface area contributed by atoms with Crippen molar-refractivity contribution in [2.24, 2.45) is 5.92 Å². The van der Waals surface area contributed by atoms with Crippen LogP contribution in [0.5, 0.6) is 0 Å². The Balaban J connectivity index is 2.12. The molecule has 0 unspecified atom stereocenters. The Morgan fingerprint density at radius 3 is 2.83 bits per heavy atom. The van der Waals surface area contributed by atoms with Crippen LogP contribution in [0, 0.1) is 5.92 Å². The zero-order chi connectivity index (χ0) is 8.97. The molecule has 0 aromatic rings. The van der Waals surface area contributed by atoms with Crippen LogP contribution < -0.4 is 0 Å². The van der Waals surface area contributed by atoms with Crippen molar-refractivity contribution in [1.29, 1.82) is 0 Å². The summed E-state index contributed by atoms with van der Waals surface area (Å²) in [6.45, 7) is 4.80. The second kappa shape index (κ2) is 4.61. The highest BCUT2D eigenvalue weighted by atomic mass is 16.5. The van der Waals surface area contributed by atoms with Gasteiger partial charge in [-0.3, -0.25) is 4.79 Å². The van der Waals surface area contributed by atoms with Crippen molar-refractivity contribution in [2.45, 2.75) is 45.6 Å². The van der Waals surface area contributed by atoms with E-state index in [9.17, 15) is 4.79 Å². The molecule has 1 fully saturated rings. The number of hydrogen-bond acceptors (Lipinski definition) is 2. The van der Waals surface area contributed by atoms with Gasteiger partial charge in [0, 0.05) is 18.9 Å². The van der Waals surface area contributed by atoms with Crippen LogP contribution in [-0.4, -0.2) is 18.5 Å². The van der Waals surface area contributed by atoms with Gasteiger partial charge >= 0.3 is 0 Å². The van der Waals surface area contributed by atoms with Crippen molar-refractivity contribution in [3.05, 3.63) is 0 Å². The molecule has 0 saturated carbocycles. The summed E-state index contributed by atoms with van der Waals surface area (Å²) in [5.41, 5.74) is 0. The lowest BCUT2D eigenvalue weighted by molar-refractivity contribution is -0.122. The Hall–Kier alpha value is -0.370. The first-order chi connectivity index (χ1) is 5.70. The third kappa shape index (κ3) is 2.94. The predicted molar refractivity (Wildman–Crippen MR) is 48.1 cm³/mol. The van der Waals surface area contributed by atoms with Gasteiger partial charge in [0.2, 0.25) is 0 Å². The minimum absolute atomic E-state index is 0.186. The van der Waals surface area contributed by atoms with Crippen LogP contribution in [0.3, 0.4) is 0 Å². The van der Waals surface area contributed by atoms with Gasteiger partial charge in [0.15, 0.2) is 0 Å². The molecule has 0 radical (unpaired) electrons. The van der Waals surface area contributed by atoms with Crippen molar-refractivity contribution in [2.75, 3.05) is 6.61 Å². The van der Waals surface area contributed by atoms with Gasteiger partial charge in [-0.25, -0.2) is 0 Å². The zero-order valence-electron chi connectivity index (χ0n) is 8.01. The maximum atomic E-state index is 11.2. The molecule has 0 aromatic heterocycles. The summed E-state index contributed by atoms with van der Waals surface area (Å²) in [4.78, 5) is 11.2. The van der Waals surface area contributed by atoms with Crippen molar-refractivity contribution in [3.63, 3.8) is 0 Å². The molecular weight excluding hydrogens is 152 g/mol. The third-order valence-corrected chi connectivity index (χ3v) is 2.38. The summed E-state index contributed by atoms with van der Waals surface area (Å²) in [5.74, 6) is 0.553. The Morgan fingerprint density at radius 1 is 1.58 bits per heavy atom. The number of Topliss-reactive ketones (excluding diaryl/α,β-unsaturated/α-hetero) is 1. The minimum Gasteiger partial charge on any atom is -0.378 e. The Morgan fingerprint density at radius 2 is 2.33 bits per heavy atom. The van der Waals surface area contributed by atoms with Gasteiger partial charge in [0.25, 0.3) is 0 Å². The van der Waals surface area contributed by atoms with E-state index in [1.165, 1.54) is 6.42 Å². The van der Waals surface area contributed by atoms with Crippen LogP contribution >= 0.6 is 0 Å². The van der Waals surface area contributed by atoms with Gasteiger partial charge in [0.05, 0.1) is 6.10 Å². The molecule has 0 amide bonds. The Kier molecular flexibility index (Phi) is 3.73. The van der Waals surface area contributed by atoms with Gasteiger partial charge in [-0.15, -0.1) is 0 Å².